The third-order valence-electron chi connectivity index (χ3n) is 11.7. The second-order valence-corrected chi connectivity index (χ2v) is 17.9. The molecule has 0 fully saturated rings. The molecule has 7 heteroatoms. The molecule has 64 heavy (non-hydrogen) atoms. The lowest BCUT2D eigenvalue weighted by atomic mass is 9.94. The van der Waals surface area contributed by atoms with Crippen LogP contribution in [0, 0.1) is 0 Å². The summed E-state index contributed by atoms with van der Waals surface area (Å²) in [4.78, 5) is 15.5. The number of nitrogens with zero attached hydrogens (tertiary/aromatic N) is 5. The van der Waals surface area contributed by atoms with Crippen LogP contribution < -0.4 is 14.9 Å². The topological polar surface area (TPSA) is 62.2 Å². The molecule has 0 amide bonds. The van der Waals surface area contributed by atoms with Crippen LogP contribution in [0.4, 0.5) is 22.7 Å². The van der Waals surface area contributed by atoms with Crippen LogP contribution >= 0.6 is 7.44 Å². The molecule has 0 unspecified atom stereocenters. The van der Waals surface area contributed by atoms with Crippen molar-refractivity contribution in [2.24, 2.45) is 0 Å². The summed E-state index contributed by atoms with van der Waals surface area (Å²) in [5, 5.41) is 0. The maximum absolute atomic E-state index is 17.6. The van der Waals surface area contributed by atoms with Crippen LogP contribution in [0.25, 0.3) is 67.3 Å². The highest BCUT2D eigenvalue weighted by atomic mass is 31.2. The molecule has 11 rings (SSSR count). The highest BCUT2D eigenvalue weighted by molar-refractivity contribution is 7.75. The molecular weight excluding hydrogens is 802 g/mol. The van der Waals surface area contributed by atoms with Gasteiger partial charge in [0.1, 0.15) is 0 Å². The van der Waals surface area contributed by atoms with E-state index in [-0.39, 0.29) is 5.57 Å². The first-order chi connectivity index (χ1) is 31.6. The standard InChI is InChI=1S/C57H40N5OP/c63-64(57-59-55(45-29-15-5-16-30-45)58-56(60-57)46-31-17-6-18-32-46)61(47-35-37-49(41-21-7-1-8-22-41)51(39-47)43-25-11-3-12-26-43)53-33-19-20-34-54(53)62(64)48-36-38-50(42-23-9-2-10-24-42)52(40-48)44-27-13-4-14-28-44/h1-40H. The van der Waals surface area contributed by atoms with Crippen LogP contribution in [-0.2, 0) is 4.57 Å². The van der Waals surface area contributed by atoms with Crippen LogP contribution in [0.2, 0.25) is 0 Å². The summed E-state index contributed by atoms with van der Waals surface area (Å²) in [6, 6.07) is 82.1. The fourth-order valence-electron chi connectivity index (χ4n) is 8.68. The molecule has 0 aliphatic carbocycles. The number of rotatable bonds is 9. The Morgan fingerprint density at radius 1 is 0.297 bits per heavy atom. The fourth-order valence-corrected chi connectivity index (χ4v) is 11.5. The minimum absolute atomic E-state index is 0.165. The van der Waals surface area contributed by atoms with E-state index in [0.29, 0.717) is 11.6 Å². The Hall–Kier alpha value is -8.18. The highest BCUT2D eigenvalue weighted by Gasteiger charge is 2.52. The van der Waals surface area contributed by atoms with Gasteiger partial charge in [0.25, 0.3) is 0 Å². The molecule has 1 aliphatic rings. The van der Waals surface area contributed by atoms with Crippen molar-refractivity contribution in [3.05, 3.63) is 243 Å². The predicted octanol–water partition coefficient (Wildman–Crippen LogP) is 14.7. The smallest absolute Gasteiger partial charge is 0.267 e. The van der Waals surface area contributed by atoms with Gasteiger partial charge in [-0.2, -0.15) is 0 Å². The van der Waals surface area contributed by atoms with Gasteiger partial charge >= 0.3 is 7.44 Å². The lowest BCUT2D eigenvalue weighted by Gasteiger charge is -2.32. The van der Waals surface area contributed by atoms with Crippen LogP contribution in [0.3, 0.4) is 0 Å². The Morgan fingerprint density at radius 3 is 0.938 bits per heavy atom. The molecule has 2 heterocycles. The summed E-state index contributed by atoms with van der Waals surface area (Å²) in [7, 11) is -4.16. The van der Waals surface area contributed by atoms with E-state index in [0.717, 1.165) is 78.4 Å². The van der Waals surface area contributed by atoms with Crippen molar-refractivity contribution in [3.63, 3.8) is 0 Å². The molecule has 0 saturated heterocycles. The first-order valence-corrected chi connectivity index (χ1v) is 22.9. The van der Waals surface area contributed by atoms with E-state index in [1.807, 2.05) is 119 Å². The van der Waals surface area contributed by atoms with Gasteiger partial charge in [-0.15, -0.1) is 0 Å². The van der Waals surface area contributed by atoms with Crippen molar-refractivity contribution in [2.75, 3.05) is 9.34 Å². The van der Waals surface area contributed by atoms with Crippen LogP contribution in [-0.4, -0.2) is 15.0 Å². The Balaban J connectivity index is 1.21. The fraction of sp³-hybridized carbons (Fsp3) is 0. The van der Waals surface area contributed by atoms with E-state index < -0.39 is 7.44 Å². The SMILES string of the molecule is O=P1(c2nc(-c3ccccc3)nc(-c3ccccc3)n2)N(c2ccc(-c3ccccc3)c(-c3ccccc3)c2)c2ccccc2N1c1ccc(-c2ccccc2)c(-c2ccccc2)c1. The van der Waals surface area contributed by atoms with Crippen molar-refractivity contribution in [2.45, 2.75) is 0 Å². The molecule has 9 aromatic carbocycles. The zero-order valence-corrected chi connectivity index (χ0v) is 35.6. The quantitative estimate of drug-likeness (QED) is 0.135. The van der Waals surface area contributed by atoms with Gasteiger partial charge in [0.05, 0.1) is 22.7 Å². The summed E-state index contributed by atoms with van der Waals surface area (Å²) < 4.78 is 21.6. The summed E-state index contributed by atoms with van der Waals surface area (Å²) in [5.74, 6) is 0.869. The number of para-hydroxylation sites is 2. The Labute approximate surface area is 373 Å². The Kier molecular flexibility index (Phi) is 10.0. The Bertz CT molecular complexity index is 3080. The summed E-state index contributed by atoms with van der Waals surface area (Å²) >= 11 is 0. The van der Waals surface area contributed by atoms with Gasteiger partial charge in [-0.1, -0.05) is 206 Å². The average molecular weight is 842 g/mol. The van der Waals surface area contributed by atoms with Crippen molar-refractivity contribution < 1.29 is 4.57 Å². The van der Waals surface area contributed by atoms with Crippen molar-refractivity contribution in [1.82, 2.24) is 15.0 Å². The molecule has 1 aromatic heterocycles. The van der Waals surface area contributed by atoms with Crippen molar-refractivity contribution in [1.29, 1.82) is 0 Å². The summed E-state index contributed by atoms with van der Waals surface area (Å²) in [6.07, 6.45) is 0. The van der Waals surface area contributed by atoms with E-state index in [4.69, 9.17) is 15.0 Å². The van der Waals surface area contributed by atoms with Gasteiger partial charge in [-0.25, -0.2) is 15.0 Å². The third-order valence-corrected chi connectivity index (χ3v) is 14.4. The molecule has 10 aromatic rings. The van der Waals surface area contributed by atoms with E-state index in [9.17, 15) is 0 Å². The van der Waals surface area contributed by atoms with E-state index in [1.54, 1.807) is 0 Å². The number of hydrogen-bond acceptors (Lipinski definition) is 4. The maximum Gasteiger partial charge on any atom is 0.338 e. The van der Waals surface area contributed by atoms with Gasteiger partial charge in [0.2, 0.25) is 5.57 Å². The summed E-state index contributed by atoms with van der Waals surface area (Å²) in [5.41, 5.74) is 13.2. The molecule has 0 atom stereocenters. The average Bonchev–Trinajstić information content (AvgIpc) is 3.66. The van der Waals surface area contributed by atoms with Gasteiger partial charge in [0, 0.05) is 11.1 Å². The van der Waals surface area contributed by atoms with Gasteiger partial charge in [-0.05, 0) is 80.9 Å². The molecule has 304 valence electrons. The summed E-state index contributed by atoms with van der Waals surface area (Å²) in [6.45, 7) is 0. The van der Waals surface area contributed by atoms with Crippen LogP contribution in [0.5, 0.6) is 0 Å². The van der Waals surface area contributed by atoms with Gasteiger partial charge in [0.15, 0.2) is 11.6 Å². The molecule has 0 bridgehead atoms. The zero-order chi connectivity index (χ0) is 42.9. The number of hydrogen-bond donors (Lipinski definition) is 0. The zero-order valence-electron chi connectivity index (χ0n) is 34.7. The highest BCUT2D eigenvalue weighted by Crippen LogP contribution is 2.70. The minimum atomic E-state index is -4.16. The van der Waals surface area contributed by atoms with Crippen molar-refractivity contribution >= 4 is 35.8 Å². The predicted molar refractivity (Wildman–Crippen MR) is 263 cm³/mol. The van der Waals surface area contributed by atoms with Crippen LogP contribution in [0.1, 0.15) is 0 Å². The maximum atomic E-state index is 17.6. The number of benzene rings is 9. The first kappa shape index (κ1) is 38.7. The molecule has 1 aliphatic heterocycles. The molecule has 6 nitrogen and oxygen atoms in total. The molecule has 0 radical (unpaired) electrons. The number of fused-ring (bicyclic) bond motifs is 1. The minimum Gasteiger partial charge on any atom is -0.267 e. The third kappa shape index (κ3) is 6.97. The van der Waals surface area contributed by atoms with E-state index in [1.165, 1.54) is 0 Å². The molecule has 0 spiro atoms. The largest absolute Gasteiger partial charge is 0.338 e. The first-order valence-electron chi connectivity index (χ1n) is 21.3. The lowest BCUT2D eigenvalue weighted by molar-refractivity contribution is 0.581. The Morgan fingerprint density at radius 2 is 0.594 bits per heavy atom. The van der Waals surface area contributed by atoms with E-state index in [2.05, 4.69) is 133 Å². The normalized spacial score (nSPS) is 12.8. The number of aromatic nitrogens is 3. The molecule has 0 saturated carbocycles. The van der Waals surface area contributed by atoms with Gasteiger partial charge in [-0.3, -0.25) is 13.9 Å². The number of anilines is 4. The lowest BCUT2D eigenvalue weighted by Crippen LogP contribution is -2.31. The van der Waals surface area contributed by atoms with Crippen molar-refractivity contribution in [3.8, 4) is 67.3 Å². The molecular formula is C57H40N5OP. The van der Waals surface area contributed by atoms with Crippen LogP contribution in [0.15, 0.2) is 243 Å². The van der Waals surface area contributed by atoms with Gasteiger partial charge < -0.3 is 0 Å². The monoisotopic (exact) mass is 841 g/mol. The second kappa shape index (κ2) is 16.6. The van der Waals surface area contributed by atoms with E-state index >= 15 is 4.57 Å². The molecule has 0 N–H and O–H groups in total. The second-order valence-electron chi connectivity index (χ2n) is 15.6.